The molecule has 1 aromatic carbocycles. The number of benzene rings is 1. The van der Waals surface area contributed by atoms with Crippen LogP contribution in [0.1, 0.15) is 26.7 Å². The van der Waals surface area contributed by atoms with Crippen LogP contribution < -0.4 is 5.32 Å². The molecule has 1 N–H and O–H groups in total. The molecule has 2 atom stereocenters. The molecule has 1 heterocycles. The van der Waals surface area contributed by atoms with E-state index in [2.05, 4.69) is 19.2 Å². The largest absolute Gasteiger partial charge is 0.381 e. The van der Waals surface area contributed by atoms with Crippen LogP contribution >= 0.6 is 0 Å². The van der Waals surface area contributed by atoms with Gasteiger partial charge < -0.3 is 10.1 Å². The Hall–Kier alpha value is -1.07. The van der Waals surface area contributed by atoms with E-state index in [0.717, 1.165) is 19.4 Å². The number of para-hydroxylation sites is 1. The number of ether oxygens (including phenoxy) is 1. The highest BCUT2D eigenvalue weighted by atomic mass is 32.2. The Labute approximate surface area is 121 Å². The van der Waals surface area contributed by atoms with Crippen molar-refractivity contribution in [3.05, 3.63) is 24.3 Å². The van der Waals surface area contributed by atoms with Crippen molar-refractivity contribution >= 4 is 15.5 Å². The molecule has 112 valence electrons. The fourth-order valence-corrected chi connectivity index (χ4v) is 3.41. The SMILES string of the molecule is CC(C)C1CC(Nc2ccccc2S(C)(=O)=O)CCO1. The van der Waals surface area contributed by atoms with Crippen molar-refractivity contribution < 1.29 is 13.2 Å². The zero-order valence-electron chi connectivity index (χ0n) is 12.3. The molecule has 0 amide bonds. The third-order valence-electron chi connectivity index (χ3n) is 3.70. The lowest BCUT2D eigenvalue weighted by molar-refractivity contribution is -0.0161. The second kappa shape index (κ2) is 6.14. The highest BCUT2D eigenvalue weighted by molar-refractivity contribution is 7.90. The number of anilines is 1. The van der Waals surface area contributed by atoms with Gasteiger partial charge in [0.05, 0.1) is 16.7 Å². The molecule has 1 aliphatic rings. The molecule has 1 aliphatic heterocycles. The lowest BCUT2D eigenvalue weighted by atomic mass is 9.95. The summed E-state index contributed by atoms with van der Waals surface area (Å²) in [4.78, 5) is 0.368. The molecule has 5 heteroatoms. The monoisotopic (exact) mass is 297 g/mol. The van der Waals surface area contributed by atoms with Gasteiger partial charge in [0, 0.05) is 18.9 Å². The molecule has 2 unspecified atom stereocenters. The van der Waals surface area contributed by atoms with Gasteiger partial charge in [-0.25, -0.2) is 8.42 Å². The summed E-state index contributed by atoms with van der Waals surface area (Å²) in [5.41, 5.74) is 0.699. The van der Waals surface area contributed by atoms with Gasteiger partial charge in [0.2, 0.25) is 0 Å². The predicted octanol–water partition coefficient (Wildman–Crippen LogP) is 2.71. The van der Waals surface area contributed by atoms with E-state index in [-0.39, 0.29) is 12.1 Å². The molecule has 1 aromatic rings. The molecule has 0 spiro atoms. The van der Waals surface area contributed by atoms with Gasteiger partial charge in [0.1, 0.15) is 0 Å². The summed E-state index contributed by atoms with van der Waals surface area (Å²) in [6, 6.07) is 7.35. The summed E-state index contributed by atoms with van der Waals surface area (Å²) >= 11 is 0. The molecule has 0 radical (unpaired) electrons. The van der Waals surface area contributed by atoms with Gasteiger partial charge in [0.25, 0.3) is 0 Å². The Balaban J connectivity index is 2.14. The minimum absolute atomic E-state index is 0.242. The first-order chi connectivity index (χ1) is 9.38. The number of sulfone groups is 1. The maximum atomic E-state index is 11.8. The van der Waals surface area contributed by atoms with E-state index in [1.165, 1.54) is 6.26 Å². The van der Waals surface area contributed by atoms with Crippen LogP contribution in [0.3, 0.4) is 0 Å². The van der Waals surface area contributed by atoms with E-state index < -0.39 is 9.84 Å². The molecule has 1 saturated heterocycles. The Morgan fingerprint density at radius 2 is 2.00 bits per heavy atom. The molecular weight excluding hydrogens is 274 g/mol. The van der Waals surface area contributed by atoms with Gasteiger partial charge in [-0.1, -0.05) is 26.0 Å². The van der Waals surface area contributed by atoms with Crippen LogP contribution in [0.5, 0.6) is 0 Å². The van der Waals surface area contributed by atoms with Crippen molar-refractivity contribution in [1.29, 1.82) is 0 Å². The van der Waals surface area contributed by atoms with Gasteiger partial charge in [-0.2, -0.15) is 0 Å². The summed E-state index contributed by atoms with van der Waals surface area (Å²) in [5, 5.41) is 3.38. The Kier molecular flexibility index (Phi) is 4.70. The molecule has 4 nitrogen and oxygen atoms in total. The smallest absolute Gasteiger partial charge is 0.177 e. The number of nitrogens with one attached hydrogen (secondary N) is 1. The third-order valence-corrected chi connectivity index (χ3v) is 4.86. The molecule has 0 bridgehead atoms. The number of hydrogen-bond donors (Lipinski definition) is 1. The number of rotatable bonds is 4. The summed E-state index contributed by atoms with van der Waals surface area (Å²) in [6.45, 7) is 5.02. The van der Waals surface area contributed by atoms with Crippen molar-refractivity contribution in [3.63, 3.8) is 0 Å². The van der Waals surface area contributed by atoms with E-state index in [1.807, 2.05) is 12.1 Å². The van der Waals surface area contributed by atoms with Gasteiger partial charge in [-0.3, -0.25) is 0 Å². The third kappa shape index (κ3) is 3.73. The highest BCUT2D eigenvalue weighted by Crippen LogP contribution is 2.26. The van der Waals surface area contributed by atoms with E-state index in [4.69, 9.17) is 4.74 Å². The fourth-order valence-electron chi connectivity index (χ4n) is 2.55. The van der Waals surface area contributed by atoms with Crippen LogP contribution in [0.25, 0.3) is 0 Å². The quantitative estimate of drug-likeness (QED) is 0.928. The van der Waals surface area contributed by atoms with Crippen molar-refractivity contribution in [2.75, 3.05) is 18.2 Å². The minimum atomic E-state index is -3.21. The van der Waals surface area contributed by atoms with Crippen molar-refractivity contribution in [1.82, 2.24) is 0 Å². The van der Waals surface area contributed by atoms with E-state index in [0.29, 0.717) is 16.5 Å². The second-order valence-corrected chi connectivity index (χ2v) is 7.77. The zero-order chi connectivity index (χ0) is 14.8. The first kappa shape index (κ1) is 15.3. The highest BCUT2D eigenvalue weighted by Gasteiger charge is 2.25. The van der Waals surface area contributed by atoms with Crippen molar-refractivity contribution in [3.8, 4) is 0 Å². The lowest BCUT2D eigenvalue weighted by Crippen LogP contribution is -2.36. The van der Waals surface area contributed by atoms with Gasteiger partial charge >= 0.3 is 0 Å². The maximum Gasteiger partial charge on any atom is 0.177 e. The Morgan fingerprint density at radius 3 is 2.65 bits per heavy atom. The lowest BCUT2D eigenvalue weighted by Gasteiger charge is -2.33. The molecular formula is C15H23NO3S. The van der Waals surface area contributed by atoms with Gasteiger partial charge in [-0.15, -0.1) is 0 Å². The van der Waals surface area contributed by atoms with Crippen LogP contribution in [0.15, 0.2) is 29.2 Å². The van der Waals surface area contributed by atoms with Crippen LogP contribution in [0.4, 0.5) is 5.69 Å². The van der Waals surface area contributed by atoms with Gasteiger partial charge in [0.15, 0.2) is 9.84 Å². The first-order valence-electron chi connectivity index (χ1n) is 7.05. The topological polar surface area (TPSA) is 55.4 Å². The predicted molar refractivity (Wildman–Crippen MR) is 80.8 cm³/mol. The minimum Gasteiger partial charge on any atom is -0.381 e. The van der Waals surface area contributed by atoms with E-state index >= 15 is 0 Å². The van der Waals surface area contributed by atoms with E-state index in [9.17, 15) is 8.42 Å². The fraction of sp³-hybridized carbons (Fsp3) is 0.600. The Morgan fingerprint density at radius 1 is 1.30 bits per heavy atom. The average Bonchev–Trinajstić information content (AvgIpc) is 2.38. The van der Waals surface area contributed by atoms with E-state index in [1.54, 1.807) is 12.1 Å². The molecule has 0 aliphatic carbocycles. The summed E-state index contributed by atoms with van der Waals surface area (Å²) in [7, 11) is -3.21. The van der Waals surface area contributed by atoms with Crippen LogP contribution in [-0.4, -0.2) is 33.4 Å². The first-order valence-corrected chi connectivity index (χ1v) is 8.94. The standard InChI is InChI=1S/C15H23NO3S/c1-11(2)14-10-12(8-9-19-14)16-13-6-4-5-7-15(13)20(3,17)18/h4-7,11-12,14,16H,8-10H2,1-3H3. The van der Waals surface area contributed by atoms with Crippen LogP contribution in [0.2, 0.25) is 0 Å². The molecule has 1 fully saturated rings. The molecule has 0 saturated carbocycles. The molecule has 2 rings (SSSR count). The van der Waals surface area contributed by atoms with Crippen molar-refractivity contribution in [2.24, 2.45) is 5.92 Å². The second-order valence-electron chi connectivity index (χ2n) is 5.79. The Bertz CT molecular complexity index is 554. The zero-order valence-corrected chi connectivity index (χ0v) is 13.1. The van der Waals surface area contributed by atoms with Crippen LogP contribution in [0, 0.1) is 5.92 Å². The maximum absolute atomic E-state index is 11.8. The summed E-state index contributed by atoms with van der Waals surface area (Å²) in [5.74, 6) is 0.477. The molecule has 0 aromatic heterocycles. The van der Waals surface area contributed by atoms with Gasteiger partial charge in [-0.05, 0) is 30.9 Å². The number of hydrogen-bond acceptors (Lipinski definition) is 4. The van der Waals surface area contributed by atoms with Crippen molar-refractivity contribution in [2.45, 2.75) is 43.7 Å². The average molecular weight is 297 g/mol. The molecule has 20 heavy (non-hydrogen) atoms. The summed E-state index contributed by atoms with van der Waals surface area (Å²) < 4.78 is 29.4. The van der Waals surface area contributed by atoms with Crippen LogP contribution in [-0.2, 0) is 14.6 Å². The normalized spacial score (nSPS) is 23.8. The summed E-state index contributed by atoms with van der Waals surface area (Å²) in [6.07, 6.45) is 3.30.